The van der Waals surface area contributed by atoms with Gasteiger partial charge in [0.05, 0.1) is 11.3 Å². The van der Waals surface area contributed by atoms with Crippen LogP contribution in [-0.4, -0.2) is 15.7 Å². The molecule has 0 fully saturated rings. The number of aryl methyl sites for hydroxylation is 1. The summed E-state index contributed by atoms with van der Waals surface area (Å²) in [6.45, 7) is 0. The summed E-state index contributed by atoms with van der Waals surface area (Å²) < 4.78 is 39.7. The van der Waals surface area contributed by atoms with Crippen LogP contribution in [0.15, 0.2) is 35.5 Å². The van der Waals surface area contributed by atoms with Crippen molar-refractivity contribution in [1.82, 2.24) is 9.78 Å². The standard InChI is InChI=1S/C12H8F3N3O2/c1-18-10(11(19)17-20)6-9(16-18)7-4-2-3-5-8(7)12(13,14)15/h2-6H,1H3. The number of amides is 1. The second-order valence-electron chi connectivity index (χ2n) is 3.98. The quantitative estimate of drug-likeness (QED) is 0.796. The molecule has 20 heavy (non-hydrogen) atoms. The Labute approximate surface area is 111 Å². The fraction of sp³-hybridized carbons (Fsp3) is 0.167. The van der Waals surface area contributed by atoms with Crippen LogP contribution in [0.2, 0.25) is 0 Å². The molecule has 5 nitrogen and oxygen atoms in total. The zero-order chi connectivity index (χ0) is 14.9. The molecule has 0 aliphatic rings. The molecule has 2 rings (SSSR count). The highest BCUT2D eigenvalue weighted by Gasteiger charge is 2.34. The highest BCUT2D eigenvalue weighted by atomic mass is 19.4. The number of alkyl halides is 3. The van der Waals surface area contributed by atoms with E-state index in [2.05, 4.69) is 10.3 Å². The van der Waals surface area contributed by atoms with Crippen molar-refractivity contribution in [1.29, 1.82) is 0 Å². The average Bonchev–Trinajstić information content (AvgIpc) is 2.79. The molecule has 0 spiro atoms. The number of nitrogens with zero attached hydrogens (tertiary/aromatic N) is 3. The number of carbonyl (C=O) groups excluding carboxylic acids is 1. The molecule has 0 unspecified atom stereocenters. The van der Waals surface area contributed by atoms with Crippen LogP contribution in [0.1, 0.15) is 16.1 Å². The van der Waals surface area contributed by atoms with Crippen molar-refractivity contribution in [3.63, 3.8) is 0 Å². The van der Waals surface area contributed by atoms with Gasteiger partial charge in [0.25, 0.3) is 0 Å². The number of benzene rings is 1. The SMILES string of the molecule is Cn1nc(-c2ccccc2C(F)(F)F)cc1C(=O)N=O. The first-order valence-electron chi connectivity index (χ1n) is 5.43. The first kappa shape index (κ1) is 13.9. The number of nitroso groups, excluding NO2 is 1. The molecule has 0 radical (unpaired) electrons. The van der Waals surface area contributed by atoms with Crippen molar-refractivity contribution in [2.75, 3.05) is 0 Å². The largest absolute Gasteiger partial charge is 0.417 e. The van der Waals surface area contributed by atoms with E-state index in [0.29, 0.717) is 0 Å². The lowest BCUT2D eigenvalue weighted by Crippen LogP contribution is -2.07. The molecule has 0 saturated carbocycles. The molecule has 0 N–H and O–H groups in total. The third-order valence-corrected chi connectivity index (χ3v) is 2.69. The van der Waals surface area contributed by atoms with E-state index in [1.807, 2.05) is 0 Å². The Bertz CT molecular complexity index is 677. The van der Waals surface area contributed by atoms with Crippen molar-refractivity contribution in [2.24, 2.45) is 12.2 Å². The van der Waals surface area contributed by atoms with Crippen LogP contribution in [0.3, 0.4) is 0 Å². The predicted octanol–water partition coefficient (Wildman–Crippen LogP) is 3.01. The van der Waals surface area contributed by atoms with E-state index in [-0.39, 0.29) is 17.0 Å². The third kappa shape index (κ3) is 2.44. The molecular weight excluding hydrogens is 275 g/mol. The van der Waals surface area contributed by atoms with Gasteiger partial charge in [-0.3, -0.25) is 9.48 Å². The number of halogens is 3. The molecule has 104 valence electrons. The average molecular weight is 283 g/mol. The molecule has 0 aliphatic carbocycles. The van der Waals surface area contributed by atoms with E-state index in [9.17, 15) is 22.9 Å². The molecule has 0 atom stereocenters. The lowest BCUT2D eigenvalue weighted by Gasteiger charge is -2.10. The zero-order valence-corrected chi connectivity index (χ0v) is 10.2. The highest BCUT2D eigenvalue weighted by Crippen LogP contribution is 2.36. The number of carbonyl (C=O) groups is 1. The maximum Gasteiger partial charge on any atom is 0.417 e. The molecular formula is C12H8F3N3O2. The monoisotopic (exact) mass is 283 g/mol. The maximum absolute atomic E-state index is 12.9. The molecule has 2 aromatic rings. The summed E-state index contributed by atoms with van der Waals surface area (Å²) in [7, 11) is 1.35. The van der Waals surface area contributed by atoms with E-state index in [0.717, 1.165) is 16.8 Å². The Hall–Kier alpha value is -2.51. The Kier molecular flexibility index (Phi) is 3.39. The van der Waals surface area contributed by atoms with Gasteiger partial charge in [0.2, 0.25) is 0 Å². The molecule has 1 amide bonds. The lowest BCUT2D eigenvalue weighted by molar-refractivity contribution is -0.137. The van der Waals surface area contributed by atoms with Crippen molar-refractivity contribution >= 4 is 5.91 Å². The predicted molar refractivity (Wildman–Crippen MR) is 63.8 cm³/mol. The van der Waals surface area contributed by atoms with E-state index in [1.54, 1.807) is 0 Å². The van der Waals surface area contributed by atoms with Gasteiger partial charge in [0.1, 0.15) is 5.69 Å². The second kappa shape index (κ2) is 4.87. The summed E-state index contributed by atoms with van der Waals surface area (Å²) in [4.78, 5) is 21.4. The van der Waals surface area contributed by atoms with Gasteiger partial charge < -0.3 is 0 Å². The first-order chi connectivity index (χ1) is 9.34. The molecule has 0 saturated heterocycles. The van der Waals surface area contributed by atoms with Crippen LogP contribution < -0.4 is 0 Å². The highest BCUT2D eigenvalue weighted by molar-refractivity contribution is 5.94. The van der Waals surface area contributed by atoms with Gasteiger partial charge in [-0.25, -0.2) is 0 Å². The first-order valence-corrected chi connectivity index (χ1v) is 5.43. The van der Waals surface area contributed by atoms with Crippen molar-refractivity contribution < 1.29 is 18.0 Å². The molecule has 1 aromatic carbocycles. The molecule has 0 bridgehead atoms. The van der Waals surface area contributed by atoms with Crippen LogP contribution in [0.5, 0.6) is 0 Å². The van der Waals surface area contributed by atoms with Gasteiger partial charge in [-0.05, 0) is 12.1 Å². The van der Waals surface area contributed by atoms with Crippen LogP contribution in [0, 0.1) is 4.91 Å². The Balaban J connectivity index is 2.59. The summed E-state index contributed by atoms with van der Waals surface area (Å²) >= 11 is 0. The number of aromatic nitrogens is 2. The topological polar surface area (TPSA) is 64.3 Å². The van der Waals surface area contributed by atoms with Crippen LogP contribution in [0.4, 0.5) is 13.2 Å². The van der Waals surface area contributed by atoms with E-state index in [4.69, 9.17) is 0 Å². The van der Waals surface area contributed by atoms with Crippen LogP contribution in [-0.2, 0) is 13.2 Å². The van der Waals surface area contributed by atoms with E-state index in [1.165, 1.54) is 25.2 Å². The van der Waals surface area contributed by atoms with Crippen molar-refractivity contribution in [2.45, 2.75) is 6.18 Å². The summed E-state index contributed by atoms with van der Waals surface area (Å²) in [6, 6.07) is 5.96. The number of rotatable bonds is 2. The normalized spacial score (nSPS) is 11.4. The molecule has 1 aromatic heterocycles. The summed E-state index contributed by atoms with van der Waals surface area (Å²) in [6.07, 6.45) is -4.54. The van der Waals surface area contributed by atoms with Crippen molar-refractivity contribution in [3.8, 4) is 11.3 Å². The van der Waals surface area contributed by atoms with Gasteiger partial charge in [-0.1, -0.05) is 18.2 Å². The van der Waals surface area contributed by atoms with E-state index >= 15 is 0 Å². The fourth-order valence-corrected chi connectivity index (χ4v) is 1.80. The molecule has 8 heteroatoms. The number of hydrogen-bond acceptors (Lipinski definition) is 3. The fourth-order valence-electron chi connectivity index (χ4n) is 1.80. The summed E-state index contributed by atoms with van der Waals surface area (Å²) in [5, 5.41) is 6.05. The smallest absolute Gasteiger partial charge is 0.262 e. The lowest BCUT2D eigenvalue weighted by atomic mass is 10.0. The maximum atomic E-state index is 12.9. The van der Waals surface area contributed by atoms with Gasteiger partial charge >= 0.3 is 12.1 Å². The van der Waals surface area contributed by atoms with Crippen LogP contribution >= 0.6 is 0 Å². The summed E-state index contributed by atoms with van der Waals surface area (Å²) in [5.74, 6) is -1.09. The second-order valence-corrected chi connectivity index (χ2v) is 3.98. The van der Waals surface area contributed by atoms with Gasteiger partial charge in [0.15, 0.2) is 0 Å². The summed E-state index contributed by atoms with van der Waals surface area (Å²) in [5.41, 5.74) is -1.25. The minimum atomic E-state index is -4.54. The van der Waals surface area contributed by atoms with Gasteiger partial charge in [-0.15, -0.1) is 4.91 Å². The minimum Gasteiger partial charge on any atom is -0.262 e. The Morgan fingerprint density at radius 3 is 2.55 bits per heavy atom. The van der Waals surface area contributed by atoms with Gasteiger partial charge in [0, 0.05) is 17.8 Å². The van der Waals surface area contributed by atoms with Crippen molar-refractivity contribution in [3.05, 3.63) is 46.5 Å². The minimum absolute atomic E-state index is 0.0487. The number of hydrogen-bond donors (Lipinski definition) is 0. The molecule has 1 heterocycles. The van der Waals surface area contributed by atoms with Crippen LogP contribution in [0.25, 0.3) is 11.3 Å². The third-order valence-electron chi connectivity index (χ3n) is 2.69. The van der Waals surface area contributed by atoms with Gasteiger partial charge in [-0.2, -0.15) is 18.3 Å². The molecule has 0 aliphatic heterocycles. The Morgan fingerprint density at radius 2 is 1.95 bits per heavy atom. The van der Waals surface area contributed by atoms with E-state index < -0.39 is 17.6 Å². The zero-order valence-electron chi connectivity index (χ0n) is 10.2. The Morgan fingerprint density at radius 1 is 1.30 bits per heavy atom.